The number of hydrogen-bond acceptors (Lipinski definition) is 2. The van der Waals surface area contributed by atoms with Crippen molar-refractivity contribution in [2.75, 3.05) is 13.2 Å². The Kier molecular flexibility index (Phi) is 2.72. The SMILES string of the molecule is O=C1CO[C@@H](c2ccc(F)c3ccccc23)CN1. The minimum absolute atomic E-state index is 0.0520. The molecule has 4 heteroatoms. The number of ether oxygens (including phenoxy) is 1. The molecule has 1 amide bonds. The van der Waals surface area contributed by atoms with Gasteiger partial charge in [-0.05, 0) is 17.0 Å². The average molecular weight is 245 g/mol. The average Bonchev–Trinajstić information content (AvgIpc) is 2.41. The van der Waals surface area contributed by atoms with Gasteiger partial charge in [-0.1, -0.05) is 30.3 Å². The van der Waals surface area contributed by atoms with E-state index in [9.17, 15) is 9.18 Å². The molecule has 0 unspecified atom stereocenters. The van der Waals surface area contributed by atoms with Crippen molar-refractivity contribution < 1.29 is 13.9 Å². The van der Waals surface area contributed by atoms with E-state index < -0.39 is 0 Å². The minimum Gasteiger partial charge on any atom is -0.362 e. The monoisotopic (exact) mass is 245 g/mol. The number of nitrogens with one attached hydrogen (secondary N) is 1. The van der Waals surface area contributed by atoms with E-state index >= 15 is 0 Å². The molecule has 1 aliphatic rings. The summed E-state index contributed by atoms with van der Waals surface area (Å²) in [5.41, 5.74) is 0.909. The molecule has 18 heavy (non-hydrogen) atoms. The summed E-state index contributed by atoms with van der Waals surface area (Å²) in [6.45, 7) is 0.477. The first-order valence-electron chi connectivity index (χ1n) is 5.81. The van der Waals surface area contributed by atoms with E-state index in [-0.39, 0.29) is 24.4 Å². The zero-order valence-electron chi connectivity index (χ0n) is 9.65. The number of hydrogen-bond donors (Lipinski definition) is 1. The summed E-state index contributed by atoms with van der Waals surface area (Å²) in [5, 5.41) is 4.16. The first-order chi connectivity index (χ1) is 8.75. The van der Waals surface area contributed by atoms with E-state index in [1.165, 1.54) is 6.07 Å². The zero-order valence-corrected chi connectivity index (χ0v) is 9.65. The maximum Gasteiger partial charge on any atom is 0.246 e. The van der Waals surface area contributed by atoms with Gasteiger partial charge in [0, 0.05) is 11.9 Å². The fourth-order valence-electron chi connectivity index (χ4n) is 2.26. The van der Waals surface area contributed by atoms with Crippen molar-refractivity contribution >= 4 is 16.7 Å². The van der Waals surface area contributed by atoms with E-state index in [2.05, 4.69) is 5.32 Å². The van der Waals surface area contributed by atoms with Crippen LogP contribution in [-0.2, 0) is 9.53 Å². The summed E-state index contributed by atoms with van der Waals surface area (Å²) >= 11 is 0. The number of morpholine rings is 1. The van der Waals surface area contributed by atoms with Crippen LogP contribution in [0.1, 0.15) is 11.7 Å². The van der Waals surface area contributed by atoms with Gasteiger partial charge in [-0.25, -0.2) is 4.39 Å². The van der Waals surface area contributed by atoms with E-state index in [1.807, 2.05) is 12.1 Å². The Hall–Kier alpha value is -1.94. The molecule has 1 heterocycles. The highest BCUT2D eigenvalue weighted by atomic mass is 19.1. The number of carbonyl (C=O) groups is 1. The lowest BCUT2D eigenvalue weighted by atomic mass is 9.99. The standard InChI is InChI=1S/C14H12FNO2/c15-12-6-5-11(9-3-1-2-4-10(9)12)13-7-16-14(17)8-18-13/h1-6,13H,7-8H2,(H,16,17)/t13-/m1/s1. The Morgan fingerprint density at radius 3 is 2.67 bits per heavy atom. The number of rotatable bonds is 1. The van der Waals surface area contributed by atoms with Gasteiger partial charge in [0.15, 0.2) is 0 Å². The van der Waals surface area contributed by atoms with Crippen molar-refractivity contribution in [2.45, 2.75) is 6.10 Å². The molecule has 92 valence electrons. The van der Waals surface area contributed by atoms with Crippen LogP contribution in [0.25, 0.3) is 10.8 Å². The Morgan fingerprint density at radius 1 is 1.17 bits per heavy atom. The predicted molar refractivity (Wildman–Crippen MR) is 65.6 cm³/mol. The molecule has 0 saturated carbocycles. The lowest BCUT2D eigenvalue weighted by Crippen LogP contribution is -2.38. The van der Waals surface area contributed by atoms with E-state index in [0.717, 1.165) is 10.9 Å². The molecule has 1 atom stereocenters. The lowest BCUT2D eigenvalue weighted by molar-refractivity contribution is -0.133. The van der Waals surface area contributed by atoms with Gasteiger partial charge in [-0.2, -0.15) is 0 Å². The summed E-state index contributed by atoms with van der Waals surface area (Å²) in [4.78, 5) is 11.1. The molecule has 1 aliphatic heterocycles. The summed E-state index contributed by atoms with van der Waals surface area (Å²) in [7, 11) is 0. The smallest absolute Gasteiger partial charge is 0.246 e. The molecule has 1 saturated heterocycles. The van der Waals surface area contributed by atoms with Crippen molar-refractivity contribution in [2.24, 2.45) is 0 Å². The molecule has 3 rings (SSSR count). The molecule has 0 aliphatic carbocycles. The molecular formula is C14H12FNO2. The molecular weight excluding hydrogens is 233 g/mol. The molecule has 0 spiro atoms. The largest absolute Gasteiger partial charge is 0.362 e. The van der Waals surface area contributed by atoms with Gasteiger partial charge in [-0.15, -0.1) is 0 Å². The molecule has 0 radical (unpaired) electrons. The fraction of sp³-hybridized carbons (Fsp3) is 0.214. The Balaban J connectivity index is 2.07. The Bertz CT molecular complexity index is 602. The topological polar surface area (TPSA) is 38.3 Å². The second kappa shape index (κ2) is 4.38. The predicted octanol–water partition coefficient (Wildman–Crippen LogP) is 2.17. The molecule has 0 aromatic heterocycles. The molecule has 0 bridgehead atoms. The number of amides is 1. The summed E-state index contributed by atoms with van der Waals surface area (Å²) in [5.74, 6) is -0.355. The molecule has 2 aromatic rings. The van der Waals surface area contributed by atoms with Crippen LogP contribution in [-0.4, -0.2) is 19.1 Å². The normalized spacial score (nSPS) is 19.8. The van der Waals surface area contributed by atoms with Crippen molar-refractivity contribution in [3.63, 3.8) is 0 Å². The van der Waals surface area contributed by atoms with Gasteiger partial charge in [0.1, 0.15) is 18.5 Å². The van der Waals surface area contributed by atoms with E-state index in [0.29, 0.717) is 11.9 Å². The van der Waals surface area contributed by atoms with Gasteiger partial charge in [-0.3, -0.25) is 4.79 Å². The van der Waals surface area contributed by atoms with Crippen molar-refractivity contribution in [1.82, 2.24) is 5.32 Å². The van der Waals surface area contributed by atoms with E-state index in [1.54, 1.807) is 18.2 Å². The van der Waals surface area contributed by atoms with Crippen LogP contribution in [0.2, 0.25) is 0 Å². The maximum atomic E-state index is 13.7. The van der Waals surface area contributed by atoms with Crippen LogP contribution < -0.4 is 5.32 Å². The lowest BCUT2D eigenvalue weighted by Gasteiger charge is -2.24. The number of fused-ring (bicyclic) bond motifs is 1. The molecule has 1 N–H and O–H groups in total. The first-order valence-corrected chi connectivity index (χ1v) is 5.81. The van der Waals surface area contributed by atoms with Crippen LogP contribution in [0.5, 0.6) is 0 Å². The number of carbonyl (C=O) groups excluding carboxylic acids is 1. The fourth-order valence-corrected chi connectivity index (χ4v) is 2.26. The molecule has 2 aromatic carbocycles. The highest BCUT2D eigenvalue weighted by molar-refractivity contribution is 5.87. The van der Waals surface area contributed by atoms with Crippen molar-refractivity contribution in [1.29, 1.82) is 0 Å². The van der Waals surface area contributed by atoms with Gasteiger partial charge >= 0.3 is 0 Å². The third kappa shape index (κ3) is 1.84. The first kappa shape index (κ1) is 11.2. The van der Waals surface area contributed by atoms with E-state index in [4.69, 9.17) is 4.74 Å². The van der Waals surface area contributed by atoms with Crippen LogP contribution in [0.4, 0.5) is 4.39 Å². The second-order valence-electron chi connectivity index (χ2n) is 4.29. The molecule has 3 nitrogen and oxygen atoms in total. The zero-order chi connectivity index (χ0) is 12.5. The highest BCUT2D eigenvalue weighted by Gasteiger charge is 2.22. The van der Waals surface area contributed by atoms with Gasteiger partial charge in [0.05, 0.1) is 0 Å². The summed E-state index contributed by atoms with van der Waals surface area (Å²) < 4.78 is 19.2. The summed E-state index contributed by atoms with van der Waals surface area (Å²) in [6.07, 6.45) is -0.215. The maximum absolute atomic E-state index is 13.7. The summed E-state index contributed by atoms with van der Waals surface area (Å²) in [6, 6.07) is 10.5. The van der Waals surface area contributed by atoms with Crippen LogP contribution >= 0.6 is 0 Å². The minimum atomic E-state index is -0.241. The van der Waals surface area contributed by atoms with Crippen LogP contribution in [0.15, 0.2) is 36.4 Å². The van der Waals surface area contributed by atoms with Crippen molar-refractivity contribution in [3.05, 3.63) is 47.8 Å². The second-order valence-corrected chi connectivity index (χ2v) is 4.29. The third-order valence-electron chi connectivity index (χ3n) is 3.15. The Labute approximate surface area is 104 Å². The Morgan fingerprint density at radius 2 is 1.94 bits per heavy atom. The van der Waals surface area contributed by atoms with Gasteiger partial charge in [0.25, 0.3) is 0 Å². The van der Waals surface area contributed by atoms with Gasteiger partial charge < -0.3 is 10.1 Å². The quantitative estimate of drug-likeness (QED) is 0.836. The number of halogens is 1. The highest BCUT2D eigenvalue weighted by Crippen LogP contribution is 2.29. The number of benzene rings is 2. The molecule has 1 fully saturated rings. The van der Waals surface area contributed by atoms with Crippen LogP contribution in [0.3, 0.4) is 0 Å². The van der Waals surface area contributed by atoms with Crippen molar-refractivity contribution in [3.8, 4) is 0 Å². The van der Waals surface area contributed by atoms with Crippen LogP contribution in [0, 0.1) is 5.82 Å². The van der Waals surface area contributed by atoms with Gasteiger partial charge in [0.2, 0.25) is 5.91 Å². The third-order valence-corrected chi connectivity index (χ3v) is 3.15.